The van der Waals surface area contributed by atoms with E-state index >= 15 is 0 Å². The van der Waals surface area contributed by atoms with Gasteiger partial charge >= 0.3 is 0 Å². The minimum absolute atomic E-state index is 0.128. The van der Waals surface area contributed by atoms with Crippen LogP contribution in [0.3, 0.4) is 0 Å². The Balaban J connectivity index is 0.00000117. The number of rotatable bonds is 4. The average Bonchev–Trinajstić information content (AvgIpc) is 2.92. The maximum absolute atomic E-state index is 12.5. The van der Waals surface area contributed by atoms with E-state index in [2.05, 4.69) is 5.32 Å². The molecule has 26 heavy (non-hydrogen) atoms. The van der Waals surface area contributed by atoms with Crippen LogP contribution in [0.25, 0.3) is 0 Å². The smallest absolute Gasteiger partial charge is 0.261 e. The average molecular weight is 398 g/mol. The second-order valence-corrected chi connectivity index (χ2v) is 6.24. The van der Waals surface area contributed by atoms with Crippen molar-refractivity contribution in [2.45, 2.75) is 12.0 Å². The van der Waals surface area contributed by atoms with Gasteiger partial charge in [0.15, 0.2) is 11.4 Å². The lowest BCUT2D eigenvalue weighted by Crippen LogP contribution is -2.36. The van der Waals surface area contributed by atoms with Crippen molar-refractivity contribution in [3.05, 3.63) is 57.6 Å². The van der Waals surface area contributed by atoms with Crippen LogP contribution < -0.4 is 10.1 Å². The van der Waals surface area contributed by atoms with E-state index in [1.165, 1.54) is 19.2 Å². The second kappa shape index (κ2) is 8.05. The molecule has 1 aliphatic rings. The molecule has 1 atom stereocenters. The van der Waals surface area contributed by atoms with Gasteiger partial charge in [0.2, 0.25) is 0 Å². The Hall–Kier alpha value is -2.12. The summed E-state index contributed by atoms with van der Waals surface area (Å²) in [7, 11) is 2.52. The highest BCUT2D eigenvalue weighted by Gasteiger charge is 2.49. The fourth-order valence-corrected chi connectivity index (χ4v) is 3.21. The number of aliphatic hydroxyl groups is 2. The van der Waals surface area contributed by atoms with E-state index in [0.717, 1.165) is 7.11 Å². The predicted octanol–water partition coefficient (Wildman–Crippen LogP) is 3.02. The first kappa shape index (κ1) is 20.2. The summed E-state index contributed by atoms with van der Waals surface area (Å²) < 4.78 is 5.04. The molecule has 0 aromatic heterocycles. The standard InChI is InChI=1S/C17H13Cl2NO4.CH4O/c1-24-10-4-2-9(3-5-10)13(21)8-17(23)14-11(18)6-7-12(19)15(14)20-16(17)22;1-2/h2-7,23H,8H2,1H3,(H,20,22);2H,1H3. The zero-order chi connectivity index (χ0) is 19.5. The van der Waals surface area contributed by atoms with Crippen molar-refractivity contribution in [3.8, 4) is 5.75 Å². The number of hydrogen-bond donors (Lipinski definition) is 3. The number of amides is 1. The van der Waals surface area contributed by atoms with E-state index < -0.39 is 23.7 Å². The van der Waals surface area contributed by atoms with E-state index in [-0.39, 0.29) is 21.3 Å². The molecule has 2 aromatic carbocycles. The molecular formula is C18H17Cl2NO5. The molecule has 0 saturated carbocycles. The molecule has 0 spiro atoms. The van der Waals surface area contributed by atoms with Gasteiger partial charge in [0, 0.05) is 23.3 Å². The van der Waals surface area contributed by atoms with E-state index in [1.807, 2.05) is 0 Å². The Morgan fingerprint density at radius 1 is 1.12 bits per heavy atom. The summed E-state index contributed by atoms with van der Waals surface area (Å²) in [5.74, 6) is -0.530. The van der Waals surface area contributed by atoms with Crippen LogP contribution in [0.15, 0.2) is 36.4 Å². The van der Waals surface area contributed by atoms with Crippen LogP contribution in [-0.4, -0.2) is 36.1 Å². The third-order valence-corrected chi connectivity index (χ3v) is 4.59. The Morgan fingerprint density at radius 3 is 2.27 bits per heavy atom. The fourth-order valence-electron chi connectivity index (χ4n) is 2.69. The van der Waals surface area contributed by atoms with Crippen molar-refractivity contribution in [2.75, 3.05) is 19.5 Å². The van der Waals surface area contributed by atoms with Gasteiger partial charge in [-0.15, -0.1) is 0 Å². The topological polar surface area (TPSA) is 95.9 Å². The molecule has 0 saturated heterocycles. The van der Waals surface area contributed by atoms with Gasteiger partial charge in [0.1, 0.15) is 5.75 Å². The summed E-state index contributed by atoms with van der Waals surface area (Å²) in [5, 5.41) is 20.8. The molecule has 138 valence electrons. The fraction of sp³-hybridized carbons (Fsp3) is 0.222. The van der Waals surface area contributed by atoms with Crippen molar-refractivity contribution in [1.82, 2.24) is 0 Å². The van der Waals surface area contributed by atoms with Gasteiger partial charge in [-0.3, -0.25) is 9.59 Å². The van der Waals surface area contributed by atoms with Crippen molar-refractivity contribution in [2.24, 2.45) is 0 Å². The molecule has 0 bridgehead atoms. The number of Topliss-reactive ketones (excluding diaryl/α,β-unsaturated/α-hetero) is 1. The molecule has 3 rings (SSSR count). The molecule has 0 aliphatic carbocycles. The highest BCUT2D eigenvalue weighted by Crippen LogP contribution is 2.46. The largest absolute Gasteiger partial charge is 0.497 e. The zero-order valence-corrected chi connectivity index (χ0v) is 15.6. The number of carbonyl (C=O) groups excluding carboxylic acids is 2. The van der Waals surface area contributed by atoms with Crippen molar-refractivity contribution in [1.29, 1.82) is 0 Å². The SMILES string of the molecule is CO.COc1ccc(C(=O)CC2(O)C(=O)Nc3c(Cl)ccc(Cl)c32)cc1. The highest BCUT2D eigenvalue weighted by molar-refractivity contribution is 6.38. The molecule has 1 unspecified atom stereocenters. The van der Waals surface area contributed by atoms with Crippen LogP contribution in [0.5, 0.6) is 5.75 Å². The lowest BCUT2D eigenvalue weighted by atomic mass is 9.88. The van der Waals surface area contributed by atoms with Crippen molar-refractivity contribution >= 4 is 40.6 Å². The number of anilines is 1. The number of fused-ring (bicyclic) bond motifs is 1. The quantitative estimate of drug-likeness (QED) is 0.689. The second-order valence-electron chi connectivity index (χ2n) is 5.42. The van der Waals surface area contributed by atoms with Gasteiger partial charge in [-0.05, 0) is 36.4 Å². The van der Waals surface area contributed by atoms with E-state index in [1.54, 1.807) is 24.3 Å². The first-order valence-corrected chi connectivity index (χ1v) is 8.26. The van der Waals surface area contributed by atoms with E-state index in [9.17, 15) is 14.7 Å². The lowest BCUT2D eigenvalue weighted by molar-refractivity contribution is -0.133. The molecule has 2 aromatic rings. The van der Waals surface area contributed by atoms with Gasteiger partial charge in [-0.25, -0.2) is 0 Å². The van der Waals surface area contributed by atoms with Crippen LogP contribution in [0, 0.1) is 0 Å². The van der Waals surface area contributed by atoms with E-state index in [0.29, 0.717) is 11.3 Å². The molecule has 6 nitrogen and oxygen atoms in total. The monoisotopic (exact) mass is 397 g/mol. The minimum Gasteiger partial charge on any atom is -0.497 e. The summed E-state index contributed by atoms with van der Waals surface area (Å²) in [6, 6.07) is 9.38. The normalized spacial score (nSPS) is 17.7. The molecule has 0 radical (unpaired) electrons. The minimum atomic E-state index is -2.06. The third kappa shape index (κ3) is 3.54. The van der Waals surface area contributed by atoms with Gasteiger partial charge in [0.05, 0.1) is 24.2 Å². The Kier molecular flexibility index (Phi) is 6.26. The number of ketones is 1. The van der Waals surface area contributed by atoms with Crippen LogP contribution in [-0.2, 0) is 10.4 Å². The summed E-state index contributed by atoms with van der Waals surface area (Å²) in [5.41, 5.74) is -1.35. The van der Waals surface area contributed by atoms with Gasteiger partial charge in [-0.2, -0.15) is 0 Å². The lowest BCUT2D eigenvalue weighted by Gasteiger charge is -2.21. The van der Waals surface area contributed by atoms with Crippen molar-refractivity contribution in [3.63, 3.8) is 0 Å². The number of carbonyl (C=O) groups is 2. The number of benzene rings is 2. The number of nitrogens with one attached hydrogen (secondary N) is 1. The van der Waals surface area contributed by atoms with Gasteiger partial charge in [-0.1, -0.05) is 23.2 Å². The summed E-state index contributed by atoms with van der Waals surface area (Å²) >= 11 is 12.2. The first-order chi connectivity index (χ1) is 12.4. The van der Waals surface area contributed by atoms with Gasteiger partial charge < -0.3 is 20.3 Å². The summed E-state index contributed by atoms with van der Waals surface area (Å²) in [6.45, 7) is 0. The van der Waals surface area contributed by atoms with Crippen LogP contribution in [0.4, 0.5) is 5.69 Å². The van der Waals surface area contributed by atoms with Crippen LogP contribution in [0.2, 0.25) is 10.0 Å². The Labute approximate surface area is 160 Å². The number of methoxy groups -OCH3 is 1. The number of aliphatic hydroxyl groups excluding tert-OH is 1. The third-order valence-electron chi connectivity index (χ3n) is 3.96. The predicted molar refractivity (Wildman–Crippen MR) is 99.1 cm³/mol. The van der Waals surface area contributed by atoms with Crippen molar-refractivity contribution < 1.29 is 24.5 Å². The summed E-state index contributed by atoms with van der Waals surface area (Å²) in [6.07, 6.45) is -0.446. The molecule has 8 heteroatoms. The molecule has 1 aliphatic heterocycles. The number of halogens is 2. The van der Waals surface area contributed by atoms with Gasteiger partial charge in [0.25, 0.3) is 5.91 Å². The van der Waals surface area contributed by atoms with Crippen LogP contribution in [0.1, 0.15) is 22.3 Å². The molecule has 1 amide bonds. The Bertz CT molecular complexity index is 838. The number of hydrogen-bond acceptors (Lipinski definition) is 5. The first-order valence-electron chi connectivity index (χ1n) is 7.51. The molecule has 1 heterocycles. The molecular weight excluding hydrogens is 381 g/mol. The number of ether oxygens (including phenoxy) is 1. The molecule has 3 N–H and O–H groups in total. The maximum Gasteiger partial charge on any atom is 0.261 e. The zero-order valence-electron chi connectivity index (χ0n) is 14.0. The Morgan fingerprint density at radius 2 is 1.69 bits per heavy atom. The maximum atomic E-state index is 12.5. The summed E-state index contributed by atoms with van der Waals surface area (Å²) in [4.78, 5) is 24.8. The molecule has 0 fully saturated rings. The highest BCUT2D eigenvalue weighted by atomic mass is 35.5. The van der Waals surface area contributed by atoms with E-state index in [4.69, 9.17) is 33.0 Å². The van der Waals surface area contributed by atoms with Crippen LogP contribution >= 0.6 is 23.2 Å².